The van der Waals surface area contributed by atoms with E-state index in [9.17, 15) is 22.0 Å². The number of morpholine rings is 1. The minimum absolute atomic E-state index is 0. The molecule has 1 amide bonds. The first-order chi connectivity index (χ1) is 20.3. The lowest BCUT2D eigenvalue weighted by Gasteiger charge is -2.30. The van der Waals surface area contributed by atoms with Crippen molar-refractivity contribution < 1.29 is 26.7 Å². The normalized spacial score (nSPS) is 15.6. The van der Waals surface area contributed by atoms with Crippen molar-refractivity contribution in [1.82, 2.24) is 9.88 Å². The molecule has 1 fully saturated rings. The molecule has 43 heavy (non-hydrogen) atoms. The second-order valence-electron chi connectivity index (χ2n) is 10.3. The molecule has 0 atom stereocenters. The number of ether oxygens (including phenoxy) is 1. The Balaban J connectivity index is 0.00000368. The molecular weight excluding hydrogens is 618 g/mol. The summed E-state index contributed by atoms with van der Waals surface area (Å²) in [6, 6.07) is 15.3. The molecule has 6 rings (SSSR count). The van der Waals surface area contributed by atoms with Crippen LogP contribution in [0.1, 0.15) is 28.8 Å². The van der Waals surface area contributed by atoms with Gasteiger partial charge in [-0.15, -0.1) is 12.4 Å². The summed E-state index contributed by atoms with van der Waals surface area (Å²) in [7, 11) is -3.84. The van der Waals surface area contributed by atoms with E-state index in [0.29, 0.717) is 43.1 Å². The van der Waals surface area contributed by atoms with Gasteiger partial charge in [0.1, 0.15) is 11.3 Å². The van der Waals surface area contributed by atoms with Gasteiger partial charge in [0.2, 0.25) is 0 Å². The second kappa shape index (κ2) is 13.2. The molecule has 0 bridgehead atoms. The van der Waals surface area contributed by atoms with Crippen LogP contribution in [-0.4, -0.2) is 70.1 Å². The molecule has 8 nitrogen and oxygen atoms in total. The minimum atomic E-state index is -3.84. The molecular formula is C30H31ClF2N4O4S2. The van der Waals surface area contributed by atoms with Crippen LogP contribution in [0.15, 0.2) is 65.6 Å². The van der Waals surface area contributed by atoms with Crippen LogP contribution in [0.2, 0.25) is 0 Å². The van der Waals surface area contributed by atoms with Gasteiger partial charge in [0, 0.05) is 44.4 Å². The number of hydrogen-bond donors (Lipinski definition) is 0. The first-order valence-corrected chi connectivity index (χ1v) is 16.2. The summed E-state index contributed by atoms with van der Waals surface area (Å²) < 4.78 is 62.6. The standard InChI is InChI=1S/C30H30F2N4O4S2.ClH/c31-23-19-25(32)28-27(20-23)41-30(33-28)35(13-4-12-34-15-17-40-18-16-34)29(37)22-8-10-24(11-9-22)42(38,39)36-14-3-6-21-5-1-2-7-26(21)36;/h1-2,5,7-11,19-20H,3-4,6,12-18H2;1H. The number of hydrogen-bond acceptors (Lipinski definition) is 7. The first-order valence-electron chi connectivity index (χ1n) is 13.9. The summed E-state index contributed by atoms with van der Waals surface area (Å²) in [6.07, 6.45) is 2.16. The number of aryl methyl sites for hydroxylation is 1. The van der Waals surface area contributed by atoms with Crippen LogP contribution in [0.3, 0.4) is 0 Å². The van der Waals surface area contributed by atoms with Gasteiger partial charge < -0.3 is 4.74 Å². The number of anilines is 2. The van der Waals surface area contributed by atoms with Crippen molar-refractivity contribution in [3.05, 3.63) is 83.4 Å². The maximum absolute atomic E-state index is 14.5. The lowest BCUT2D eigenvalue weighted by molar-refractivity contribution is 0.0376. The fourth-order valence-electron chi connectivity index (χ4n) is 5.42. The van der Waals surface area contributed by atoms with Gasteiger partial charge in [0.15, 0.2) is 10.9 Å². The Morgan fingerprint density at radius 1 is 1.02 bits per heavy atom. The zero-order valence-electron chi connectivity index (χ0n) is 23.2. The highest BCUT2D eigenvalue weighted by atomic mass is 35.5. The van der Waals surface area contributed by atoms with Crippen LogP contribution in [0.5, 0.6) is 0 Å². The fourth-order valence-corrected chi connectivity index (χ4v) is 7.99. The summed E-state index contributed by atoms with van der Waals surface area (Å²) in [6.45, 7) is 4.33. The van der Waals surface area contributed by atoms with Gasteiger partial charge in [0.05, 0.1) is 28.5 Å². The molecule has 0 aliphatic carbocycles. The van der Waals surface area contributed by atoms with Crippen molar-refractivity contribution in [2.24, 2.45) is 0 Å². The van der Waals surface area contributed by atoms with E-state index in [4.69, 9.17) is 4.74 Å². The highest BCUT2D eigenvalue weighted by Crippen LogP contribution is 2.34. The number of carbonyl (C=O) groups excluding carboxylic acids is 1. The van der Waals surface area contributed by atoms with Crippen LogP contribution < -0.4 is 9.21 Å². The SMILES string of the molecule is Cl.O=C(c1ccc(S(=O)(=O)N2CCCc3ccccc32)cc1)N(CCCN1CCOCC1)c1nc2c(F)cc(F)cc2s1. The molecule has 2 aliphatic rings. The Morgan fingerprint density at radius 3 is 2.53 bits per heavy atom. The predicted octanol–water partition coefficient (Wildman–Crippen LogP) is 5.51. The average Bonchev–Trinajstić information content (AvgIpc) is 3.43. The van der Waals surface area contributed by atoms with Gasteiger partial charge in [-0.2, -0.15) is 0 Å². The van der Waals surface area contributed by atoms with Gasteiger partial charge in [-0.3, -0.25) is 18.9 Å². The molecule has 3 aromatic carbocycles. The number of thiazole rings is 1. The molecule has 228 valence electrons. The Hall–Kier alpha value is -3.16. The van der Waals surface area contributed by atoms with Crippen molar-refractivity contribution in [1.29, 1.82) is 0 Å². The topological polar surface area (TPSA) is 83.1 Å². The molecule has 0 spiro atoms. The van der Waals surface area contributed by atoms with Gasteiger partial charge in [0.25, 0.3) is 15.9 Å². The monoisotopic (exact) mass is 648 g/mol. The van der Waals surface area contributed by atoms with Crippen LogP contribution in [0.4, 0.5) is 19.6 Å². The zero-order chi connectivity index (χ0) is 29.3. The summed E-state index contributed by atoms with van der Waals surface area (Å²) >= 11 is 1.04. The van der Waals surface area contributed by atoms with E-state index < -0.39 is 27.6 Å². The highest BCUT2D eigenvalue weighted by molar-refractivity contribution is 7.92. The van der Waals surface area contributed by atoms with E-state index in [2.05, 4.69) is 9.88 Å². The van der Waals surface area contributed by atoms with Crippen LogP contribution in [0.25, 0.3) is 10.2 Å². The molecule has 13 heteroatoms. The predicted molar refractivity (Wildman–Crippen MR) is 166 cm³/mol. The molecule has 1 aromatic heterocycles. The fraction of sp³-hybridized carbons (Fsp3) is 0.333. The summed E-state index contributed by atoms with van der Waals surface area (Å²) in [4.78, 5) is 22.0. The van der Waals surface area contributed by atoms with Crippen LogP contribution >= 0.6 is 23.7 Å². The third-order valence-corrected chi connectivity index (χ3v) is 10.4. The summed E-state index contributed by atoms with van der Waals surface area (Å²) in [5, 5.41) is 0.253. The van der Waals surface area contributed by atoms with Gasteiger partial charge in [-0.1, -0.05) is 29.5 Å². The zero-order valence-corrected chi connectivity index (χ0v) is 25.7. The molecule has 0 saturated carbocycles. The first kappa shape index (κ1) is 31.3. The van der Waals surface area contributed by atoms with E-state index in [1.54, 1.807) is 0 Å². The summed E-state index contributed by atoms with van der Waals surface area (Å²) in [5.74, 6) is -1.90. The number of aromatic nitrogens is 1. The Kier molecular flexibility index (Phi) is 9.62. The highest BCUT2D eigenvalue weighted by Gasteiger charge is 2.30. The number of sulfonamides is 1. The molecule has 0 N–H and O–H groups in total. The third-order valence-electron chi connectivity index (χ3n) is 7.59. The van der Waals surface area contributed by atoms with Crippen LogP contribution in [-0.2, 0) is 21.2 Å². The maximum atomic E-state index is 14.5. The molecule has 4 aromatic rings. The van der Waals surface area contributed by atoms with Gasteiger partial charge in [-0.25, -0.2) is 22.2 Å². The Labute approximate surface area is 259 Å². The quantitative estimate of drug-likeness (QED) is 0.251. The van der Waals surface area contributed by atoms with Gasteiger partial charge >= 0.3 is 0 Å². The van der Waals surface area contributed by atoms with E-state index in [1.807, 2.05) is 24.3 Å². The van der Waals surface area contributed by atoms with E-state index in [0.717, 1.165) is 55.4 Å². The van der Waals surface area contributed by atoms with Crippen molar-refractivity contribution in [3.8, 4) is 0 Å². The van der Waals surface area contributed by atoms with Crippen molar-refractivity contribution in [2.45, 2.75) is 24.2 Å². The number of para-hydroxylation sites is 1. The third kappa shape index (κ3) is 6.53. The van der Waals surface area contributed by atoms with E-state index in [-0.39, 0.29) is 33.5 Å². The lowest BCUT2D eigenvalue weighted by Crippen LogP contribution is -2.39. The molecule has 1 saturated heterocycles. The molecule has 0 radical (unpaired) electrons. The number of rotatable bonds is 8. The average molecular weight is 649 g/mol. The largest absolute Gasteiger partial charge is 0.379 e. The number of halogens is 3. The van der Waals surface area contributed by atoms with E-state index >= 15 is 0 Å². The Bertz CT molecular complexity index is 1710. The number of carbonyl (C=O) groups is 1. The molecule has 0 unspecified atom stereocenters. The minimum Gasteiger partial charge on any atom is -0.379 e. The number of fused-ring (bicyclic) bond motifs is 2. The maximum Gasteiger partial charge on any atom is 0.264 e. The number of benzene rings is 3. The smallest absolute Gasteiger partial charge is 0.264 e. The molecule has 3 heterocycles. The van der Waals surface area contributed by atoms with Crippen LogP contribution in [0, 0.1) is 11.6 Å². The number of amides is 1. The Morgan fingerprint density at radius 2 is 1.77 bits per heavy atom. The van der Waals surface area contributed by atoms with Gasteiger partial charge in [-0.05, 0) is 61.2 Å². The van der Waals surface area contributed by atoms with E-state index in [1.165, 1.54) is 39.5 Å². The summed E-state index contributed by atoms with van der Waals surface area (Å²) in [5.41, 5.74) is 1.93. The van der Waals surface area contributed by atoms with Crippen molar-refractivity contribution in [2.75, 3.05) is 55.1 Å². The number of nitrogens with zero attached hydrogens (tertiary/aromatic N) is 4. The van der Waals surface area contributed by atoms with Crippen molar-refractivity contribution >= 4 is 60.7 Å². The molecule has 2 aliphatic heterocycles. The second-order valence-corrected chi connectivity index (χ2v) is 13.2. The lowest BCUT2D eigenvalue weighted by atomic mass is 10.0. The van der Waals surface area contributed by atoms with Crippen molar-refractivity contribution in [3.63, 3.8) is 0 Å².